The fourth-order valence-corrected chi connectivity index (χ4v) is 5.65. The van der Waals surface area contributed by atoms with Crippen molar-refractivity contribution in [3.8, 4) is 5.75 Å². The van der Waals surface area contributed by atoms with Gasteiger partial charge in [-0.1, -0.05) is 33.8 Å². The number of ether oxygens (including phenoxy) is 2. The molecule has 2 atom stereocenters. The number of carbonyl (C=O) groups is 2. The summed E-state index contributed by atoms with van der Waals surface area (Å²) in [4.78, 5) is 26.6. The third-order valence-corrected chi connectivity index (χ3v) is 7.72. The fraction of sp³-hybridized carbons (Fsp3) is 0.500. The molecule has 0 saturated carbocycles. The number of rotatable bonds is 6. The highest BCUT2D eigenvalue weighted by Crippen LogP contribution is 2.44. The maximum Gasteiger partial charge on any atom is 0.341 e. The maximum absolute atomic E-state index is 12.8. The third kappa shape index (κ3) is 6.16. The lowest BCUT2D eigenvalue weighted by Gasteiger charge is -2.33. The number of carbonyl (C=O) groups excluding carboxylic acids is 2. The van der Waals surface area contributed by atoms with Crippen LogP contribution < -0.4 is 15.4 Å². The van der Waals surface area contributed by atoms with Gasteiger partial charge < -0.3 is 14.8 Å². The minimum atomic E-state index is -0.391. The van der Waals surface area contributed by atoms with Crippen LogP contribution in [0.1, 0.15) is 78.6 Å². The van der Waals surface area contributed by atoms with Crippen molar-refractivity contribution in [2.75, 3.05) is 12.4 Å². The summed E-state index contributed by atoms with van der Waals surface area (Å²) in [6.45, 7) is 10.8. The summed E-state index contributed by atoms with van der Waals surface area (Å²) >= 11 is 6.94. The van der Waals surface area contributed by atoms with E-state index in [1.54, 1.807) is 18.2 Å². The van der Waals surface area contributed by atoms with Gasteiger partial charge in [0.15, 0.2) is 5.11 Å². The normalized spacial score (nSPS) is 16.2. The van der Waals surface area contributed by atoms with Gasteiger partial charge in [0.1, 0.15) is 10.8 Å². The van der Waals surface area contributed by atoms with Crippen molar-refractivity contribution in [3.05, 3.63) is 45.8 Å². The van der Waals surface area contributed by atoms with Crippen LogP contribution in [0.2, 0.25) is 0 Å². The first-order chi connectivity index (χ1) is 16.0. The van der Waals surface area contributed by atoms with Crippen molar-refractivity contribution >= 4 is 45.5 Å². The van der Waals surface area contributed by atoms with E-state index in [4.69, 9.17) is 21.7 Å². The van der Waals surface area contributed by atoms with Gasteiger partial charge in [-0.3, -0.25) is 10.1 Å². The molecule has 0 bridgehead atoms. The zero-order valence-corrected chi connectivity index (χ0v) is 22.4. The zero-order valence-electron chi connectivity index (χ0n) is 20.7. The lowest BCUT2D eigenvalue weighted by atomic mass is 9.72. The Kier molecular flexibility index (Phi) is 8.36. The van der Waals surface area contributed by atoms with Gasteiger partial charge in [0.05, 0.1) is 18.8 Å². The van der Waals surface area contributed by atoms with Gasteiger partial charge in [0.2, 0.25) is 0 Å². The SMILES string of the molecule is CCC(C)Oc1cccc(C(=O)NC(=S)Nc2sc3c(c2C(=O)OC)CCC(C(C)(C)C)C3)c1. The molecule has 1 aliphatic carbocycles. The van der Waals surface area contributed by atoms with E-state index < -0.39 is 5.97 Å². The van der Waals surface area contributed by atoms with Gasteiger partial charge >= 0.3 is 5.97 Å². The first-order valence-electron chi connectivity index (χ1n) is 11.6. The summed E-state index contributed by atoms with van der Waals surface area (Å²) in [6.07, 6.45) is 3.68. The Morgan fingerprint density at radius 3 is 2.68 bits per heavy atom. The number of hydrogen-bond acceptors (Lipinski definition) is 6. The molecule has 1 aromatic heterocycles. The molecule has 0 aliphatic heterocycles. The summed E-state index contributed by atoms with van der Waals surface area (Å²) in [7, 11) is 1.38. The van der Waals surface area contributed by atoms with Crippen LogP contribution in [0.3, 0.4) is 0 Å². The Bertz CT molecular complexity index is 1070. The van der Waals surface area contributed by atoms with E-state index in [9.17, 15) is 9.59 Å². The van der Waals surface area contributed by atoms with Gasteiger partial charge in [0, 0.05) is 10.4 Å². The van der Waals surface area contributed by atoms with Gasteiger partial charge in [-0.05, 0) is 79.9 Å². The Hall–Kier alpha value is -2.45. The summed E-state index contributed by atoms with van der Waals surface area (Å²) in [5.41, 5.74) is 2.19. The predicted octanol–water partition coefficient (Wildman–Crippen LogP) is 5.99. The van der Waals surface area contributed by atoms with Crippen LogP contribution in [0.15, 0.2) is 24.3 Å². The van der Waals surface area contributed by atoms with Gasteiger partial charge in [-0.25, -0.2) is 4.79 Å². The van der Waals surface area contributed by atoms with Crippen LogP contribution in [0, 0.1) is 11.3 Å². The molecule has 0 fully saturated rings. The quantitative estimate of drug-likeness (QED) is 0.373. The van der Waals surface area contributed by atoms with Crippen LogP contribution in [-0.2, 0) is 17.6 Å². The van der Waals surface area contributed by atoms with E-state index in [0.29, 0.717) is 27.8 Å². The molecule has 2 unspecified atom stereocenters. The summed E-state index contributed by atoms with van der Waals surface area (Å²) < 4.78 is 10.9. The molecule has 0 spiro atoms. The summed E-state index contributed by atoms with van der Waals surface area (Å²) in [6, 6.07) is 7.00. The monoisotopic (exact) mass is 502 g/mol. The smallest absolute Gasteiger partial charge is 0.341 e. The topological polar surface area (TPSA) is 76.7 Å². The molecule has 6 nitrogen and oxygen atoms in total. The fourth-order valence-electron chi connectivity index (χ4n) is 4.07. The highest BCUT2D eigenvalue weighted by Gasteiger charge is 2.34. The second kappa shape index (κ2) is 10.9. The van der Waals surface area contributed by atoms with Gasteiger partial charge in [0.25, 0.3) is 5.91 Å². The first kappa shape index (κ1) is 26.2. The number of methoxy groups -OCH3 is 1. The number of fused-ring (bicyclic) bond motifs is 1. The molecule has 0 radical (unpaired) electrons. The average molecular weight is 503 g/mol. The Morgan fingerprint density at radius 1 is 1.29 bits per heavy atom. The molecule has 2 aromatic rings. The predicted molar refractivity (Wildman–Crippen MR) is 141 cm³/mol. The molecule has 8 heteroatoms. The van der Waals surface area contributed by atoms with Gasteiger partial charge in [-0.15, -0.1) is 11.3 Å². The number of esters is 1. The van der Waals surface area contributed by atoms with Crippen molar-refractivity contribution in [3.63, 3.8) is 0 Å². The first-order valence-corrected chi connectivity index (χ1v) is 12.9. The number of benzene rings is 1. The molecule has 1 amide bonds. The molecule has 1 heterocycles. The number of anilines is 1. The van der Waals surface area contributed by atoms with E-state index >= 15 is 0 Å². The average Bonchev–Trinajstić information content (AvgIpc) is 3.14. The number of thiocarbonyl (C=S) groups is 1. The van der Waals surface area contributed by atoms with Crippen LogP contribution in [0.4, 0.5) is 5.00 Å². The highest BCUT2D eigenvalue weighted by molar-refractivity contribution is 7.80. The van der Waals surface area contributed by atoms with Crippen molar-refractivity contribution < 1.29 is 19.1 Å². The molecule has 184 valence electrons. The molecule has 3 rings (SSSR count). The number of nitrogens with one attached hydrogen (secondary N) is 2. The lowest BCUT2D eigenvalue weighted by Crippen LogP contribution is -2.34. The Morgan fingerprint density at radius 2 is 2.03 bits per heavy atom. The Balaban J connectivity index is 1.76. The Labute approximate surface area is 211 Å². The largest absolute Gasteiger partial charge is 0.491 e. The minimum absolute atomic E-state index is 0.0561. The molecule has 34 heavy (non-hydrogen) atoms. The van der Waals surface area contributed by atoms with E-state index in [1.165, 1.54) is 23.3 Å². The van der Waals surface area contributed by atoms with Crippen molar-refractivity contribution in [1.29, 1.82) is 0 Å². The molecule has 1 aromatic carbocycles. The van der Waals surface area contributed by atoms with Crippen LogP contribution in [-0.4, -0.2) is 30.2 Å². The van der Waals surface area contributed by atoms with Gasteiger partial charge in [-0.2, -0.15) is 0 Å². The van der Waals surface area contributed by atoms with Crippen LogP contribution in [0.25, 0.3) is 0 Å². The molecular weight excluding hydrogens is 468 g/mol. The highest BCUT2D eigenvalue weighted by atomic mass is 32.1. The number of hydrogen-bond donors (Lipinski definition) is 2. The second-order valence-electron chi connectivity index (χ2n) is 9.78. The number of thiophene rings is 1. The van der Waals surface area contributed by atoms with Crippen LogP contribution >= 0.6 is 23.6 Å². The summed E-state index contributed by atoms with van der Waals surface area (Å²) in [5, 5.41) is 6.55. The molecular formula is C26H34N2O4S2. The minimum Gasteiger partial charge on any atom is -0.491 e. The van der Waals surface area contributed by atoms with E-state index in [2.05, 4.69) is 31.4 Å². The number of amides is 1. The third-order valence-electron chi connectivity index (χ3n) is 6.34. The maximum atomic E-state index is 12.8. The van der Waals surface area contributed by atoms with Crippen molar-refractivity contribution in [2.24, 2.45) is 11.3 Å². The molecule has 0 saturated heterocycles. The van der Waals surface area contributed by atoms with Crippen molar-refractivity contribution in [1.82, 2.24) is 5.32 Å². The lowest BCUT2D eigenvalue weighted by molar-refractivity contribution is 0.0600. The summed E-state index contributed by atoms with van der Waals surface area (Å²) in [5.74, 6) is 0.431. The zero-order chi connectivity index (χ0) is 25.0. The standard InChI is InChI=1S/C26H34N2O4S2/c1-7-15(2)32-18-10-8-9-16(13-18)22(29)27-25(33)28-23-21(24(30)31-6)19-12-11-17(26(3,4)5)14-20(19)34-23/h8-10,13,15,17H,7,11-12,14H2,1-6H3,(H2,27,28,29,33). The van der Waals surface area contributed by atoms with E-state index in [0.717, 1.165) is 31.2 Å². The molecule has 1 aliphatic rings. The van der Waals surface area contributed by atoms with E-state index in [1.807, 2.05) is 19.9 Å². The second-order valence-corrected chi connectivity index (χ2v) is 11.3. The van der Waals surface area contributed by atoms with Crippen molar-refractivity contribution in [2.45, 2.75) is 66.4 Å². The molecule has 2 N–H and O–H groups in total. The van der Waals surface area contributed by atoms with Crippen LogP contribution in [0.5, 0.6) is 5.75 Å². The van der Waals surface area contributed by atoms with E-state index in [-0.39, 0.29) is 22.5 Å².